The van der Waals surface area contributed by atoms with Crippen molar-refractivity contribution in [1.82, 2.24) is 9.47 Å². The minimum atomic E-state index is -0.953. The number of amides is 1. The molecule has 0 saturated carbocycles. The SMILES string of the molecule is Cn1c(C(=O)O)cc2c1CCN(C(=O)OC(C)(C)C)C2. The first-order valence-corrected chi connectivity index (χ1v) is 6.58. The van der Waals surface area contributed by atoms with Gasteiger partial charge in [0, 0.05) is 25.7 Å². The van der Waals surface area contributed by atoms with Gasteiger partial charge in [0.05, 0.1) is 6.54 Å². The normalized spacial score (nSPS) is 14.9. The highest BCUT2D eigenvalue weighted by atomic mass is 16.6. The second-order valence-electron chi connectivity index (χ2n) is 6.02. The highest BCUT2D eigenvalue weighted by molar-refractivity contribution is 5.86. The van der Waals surface area contributed by atoms with Gasteiger partial charge in [-0.25, -0.2) is 9.59 Å². The monoisotopic (exact) mass is 280 g/mol. The van der Waals surface area contributed by atoms with E-state index in [9.17, 15) is 9.59 Å². The molecular weight excluding hydrogens is 260 g/mol. The fourth-order valence-electron chi connectivity index (χ4n) is 2.38. The van der Waals surface area contributed by atoms with Crippen LogP contribution >= 0.6 is 0 Å². The maximum absolute atomic E-state index is 12.0. The molecule has 1 aliphatic rings. The van der Waals surface area contributed by atoms with Gasteiger partial charge in [-0.2, -0.15) is 0 Å². The summed E-state index contributed by atoms with van der Waals surface area (Å²) in [5.41, 5.74) is 1.57. The van der Waals surface area contributed by atoms with E-state index in [0.29, 0.717) is 19.5 Å². The average Bonchev–Trinajstić information content (AvgIpc) is 2.64. The van der Waals surface area contributed by atoms with Gasteiger partial charge in [0.25, 0.3) is 0 Å². The minimum absolute atomic E-state index is 0.251. The fourth-order valence-corrected chi connectivity index (χ4v) is 2.38. The zero-order valence-corrected chi connectivity index (χ0v) is 12.3. The molecule has 0 aliphatic carbocycles. The summed E-state index contributed by atoms with van der Waals surface area (Å²) in [6, 6.07) is 1.63. The van der Waals surface area contributed by atoms with E-state index in [1.54, 1.807) is 22.6 Å². The van der Waals surface area contributed by atoms with Gasteiger partial charge in [-0.15, -0.1) is 0 Å². The van der Waals surface area contributed by atoms with E-state index >= 15 is 0 Å². The number of rotatable bonds is 1. The number of aromatic nitrogens is 1. The molecule has 2 rings (SSSR count). The van der Waals surface area contributed by atoms with Crippen LogP contribution in [0.3, 0.4) is 0 Å². The van der Waals surface area contributed by atoms with E-state index in [4.69, 9.17) is 9.84 Å². The van der Waals surface area contributed by atoms with Gasteiger partial charge >= 0.3 is 12.1 Å². The standard InChI is InChI=1S/C14H20N2O4/c1-14(2,3)20-13(19)16-6-5-10-9(8-16)7-11(12(17)18)15(10)4/h7H,5-6,8H2,1-4H3,(H,17,18). The molecule has 0 unspecified atom stereocenters. The average molecular weight is 280 g/mol. The summed E-state index contributed by atoms with van der Waals surface area (Å²) < 4.78 is 7.03. The highest BCUT2D eigenvalue weighted by Crippen LogP contribution is 2.24. The van der Waals surface area contributed by atoms with E-state index in [1.165, 1.54) is 0 Å². The van der Waals surface area contributed by atoms with Gasteiger partial charge in [0.2, 0.25) is 0 Å². The first kappa shape index (κ1) is 14.4. The third kappa shape index (κ3) is 2.79. The predicted molar refractivity (Wildman–Crippen MR) is 72.7 cm³/mol. The molecule has 6 heteroatoms. The van der Waals surface area contributed by atoms with Gasteiger partial charge in [-0.05, 0) is 32.4 Å². The van der Waals surface area contributed by atoms with Crippen LogP contribution < -0.4 is 0 Å². The number of fused-ring (bicyclic) bond motifs is 1. The number of hydrogen-bond donors (Lipinski definition) is 1. The zero-order valence-electron chi connectivity index (χ0n) is 12.3. The van der Waals surface area contributed by atoms with Crippen LogP contribution in [0.1, 0.15) is 42.5 Å². The maximum atomic E-state index is 12.0. The van der Waals surface area contributed by atoms with E-state index in [-0.39, 0.29) is 11.8 Å². The van der Waals surface area contributed by atoms with Crippen LogP contribution in [0.15, 0.2) is 6.07 Å². The molecular formula is C14H20N2O4. The van der Waals surface area contributed by atoms with E-state index in [0.717, 1.165) is 11.3 Å². The molecule has 0 atom stereocenters. The number of aromatic carboxylic acids is 1. The largest absolute Gasteiger partial charge is 0.477 e. The van der Waals surface area contributed by atoms with Gasteiger partial charge in [-0.3, -0.25) is 0 Å². The molecule has 1 amide bonds. The number of carbonyl (C=O) groups excluding carboxylic acids is 1. The lowest BCUT2D eigenvalue weighted by atomic mass is 10.1. The topological polar surface area (TPSA) is 71.8 Å². The molecule has 0 fully saturated rings. The smallest absolute Gasteiger partial charge is 0.410 e. The van der Waals surface area contributed by atoms with Crippen LogP contribution in [-0.4, -0.2) is 38.8 Å². The van der Waals surface area contributed by atoms with Crippen molar-refractivity contribution in [3.05, 3.63) is 23.0 Å². The van der Waals surface area contributed by atoms with Crippen molar-refractivity contribution in [3.8, 4) is 0 Å². The Labute approximate surface area is 117 Å². The Bertz CT molecular complexity index is 554. The summed E-state index contributed by atoms with van der Waals surface area (Å²) in [6.07, 6.45) is 0.280. The molecule has 0 radical (unpaired) electrons. The molecule has 0 aromatic carbocycles. The first-order chi connectivity index (χ1) is 9.19. The van der Waals surface area contributed by atoms with Gasteiger partial charge in [0.1, 0.15) is 11.3 Å². The molecule has 2 heterocycles. The van der Waals surface area contributed by atoms with E-state index < -0.39 is 11.6 Å². The number of hydrogen-bond acceptors (Lipinski definition) is 3. The molecule has 1 aliphatic heterocycles. The van der Waals surface area contributed by atoms with Crippen molar-refractivity contribution in [3.63, 3.8) is 0 Å². The van der Waals surface area contributed by atoms with Gasteiger partial charge in [-0.1, -0.05) is 0 Å². The van der Waals surface area contributed by atoms with Crippen molar-refractivity contribution in [2.45, 2.75) is 39.3 Å². The highest BCUT2D eigenvalue weighted by Gasteiger charge is 2.28. The lowest BCUT2D eigenvalue weighted by Gasteiger charge is -2.30. The molecule has 6 nitrogen and oxygen atoms in total. The summed E-state index contributed by atoms with van der Waals surface area (Å²) in [7, 11) is 1.74. The Morgan fingerprint density at radius 3 is 2.55 bits per heavy atom. The Morgan fingerprint density at radius 2 is 2.00 bits per heavy atom. The van der Waals surface area contributed by atoms with Crippen LogP contribution in [0, 0.1) is 0 Å². The molecule has 20 heavy (non-hydrogen) atoms. The number of carboxylic acids is 1. The number of carbonyl (C=O) groups is 2. The van der Waals surface area contributed by atoms with Crippen molar-refractivity contribution >= 4 is 12.1 Å². The minimum Gasteiger partial charge on any atom is -0.477 e. The lowest BCUT2D eigenvalue weighted by molar-refractivity contribution is 0.0222. The molecule has 0 saturated heterocycles. The fraction of sp³-hybridized carbons (Fsp3) is 0.571. The van der Waals surface area contributed by atoms with Gasteiger partial charge < -0.3 is 19.3 Å². The summed E-state index contributed by atoms with van der Waals surface area (Å²) in [4.78, 5) is 24.8. The summed E-state index contributed by atoms with van der Waals surface area (Å²) >= 11 is 0. The molecule has 1 N–H and O–H groups in total. The Morgan fingerprint density at radius 1 is 1.35 bits per heavy atom. The number of nitrogens with zero attached hydrogens (tertiary/aromatic N) is 2. The van der Waals surface area contributed by atoms with Crippen molar-refractivity contribution in [2.75, 3.05) is 6.54 Å². The van der Waals surface area contributed by atoms with Gasteiger partial charge in [0.15, 0.2) is 0 Å². The Balaban J connectivity index is 2.17. The third-order valence-corrected chi connectivity index (χ3v) is 3.30. The summed E-state index contributed by atoms with van der Waals surface area (Å²) in [6.45, 7) is 6.41. The number of carboxylic acid groups (broad SMARTS) is 1. The Hall–Kier alpha value is -1.98. The number of ether oxygens (including phenoxy) is 1. The Kier molecular flexibility index (Phi) is 3.50. The molecule has 1 aromatic rings. The maximum Gasteiger partial charge on any atom is 0.410 e. The first-order valence-electron chi connectivity index (χ1n) is 6.58. The predicted octanol–water partition coefficient (Wildman–Crippen LogP) is 2.02. The van der Waals surface area contributed by atoms with Crippen molar-refractivity contribution in [2.24, 2.45) is 7.05 Å². The van der Waals surface area contributed by atoms with Crippen molar-refractivity contribution < 1.29 is 19.4 Å². The molecule has 0 bridgehead atoms. The molecule has 0 spiro atoms. The molecule has 110 valence electrons. The zero-order chi connectivity index (χ0) is 15.1. The lowest BCUT2D eigenvalue weighted by Crippen LogP contribution is -2.40. The quantitative estimate of drug-likeness (QED) is 0.854. The van der Waals surface area contributed by atoms with Crippen LogP contribution in [0.5, 0.6) is 0 Å². The van der Waals surface area contributed by atoms with Crippen LogP contribution in [0.25, 0.3) is 0 Å². The van der Waals surface area contributed by atoms with Crippen LogP contribution in [0.4, 0.5) is 4.79 Å². The van der Waals surface area contributed by atoms with E-state index in [2.05, 4.69) is 0 Å². The molecule has 1 aromatic heterocycles. The third-order valence-electron chi connectivity index (χ3n) is 3.30. The second-order valence-corrected chi connectivity index (χ2v) is 6.02. The van der Waals surface area contributed by atoms with Crippen LogP contribution in [0.2, 0.25) is 0 Å². The second kappa shape index (κ2) is 4.85. The summed E-state index contributed by atoms with van der Waals surface area (Å²) in [5.74, 6) is -0.953. The van der Waals surface area contributed by atoms with Crippen molar-refractivity contribution in [1.29, 1.82) is 0 Å². The van der Waals surface area contributed by atoms with Crippen LogP contribution in [-0.2, 0) is 24.8 Å². The summed E-state index contributed by atoms with van der Waals surface area (Å²) in [5, 5.41) is 9.12. The van der Waals surface area contributed by atoms with E-state index in [1.807, 2.05) is 20.8 Å².